The van der Waals surface area contributed by atoms with Gasteiger partial charge in [0.2, 0.25) is 5.91 Å². The van der Waals surface area contributed by atoms with Crippen molar-refractivity contribution in [2.75, 3.05) is 13.1 Å². The van der Waals surface area contributed by atoms with Gasteiger partial charge in [0.1, 0.15) is 11.9 Å². The Bertz CT molecular complexity index is 602. The van der Waals surface area contributed by atoms with Crippen LogP contribution in [0.1, 0.15) is 24.4 Å². The Kier molecular flexibility index (Phi) is 4.22. The van der Waals surface area contributed by atoms with E-state index in [2.05, 4.69) is 22.4 Å². The molecule has 22 heavy (non-hydrogen) atoms. The molecule has 3 rings (SSSR count). The summed E-state index contributed by atoms with van der Waals surface area (Å²) >= 11 is 0. The van der Waals surface area contributed by atoms with E-state index in [4.69, 9.17) is 5.26 Å². The molecule has 2 heterocycles. The summed E-state index contributed by atoms with van der Waals surface area (Å²) < 4.78 is 13.8. The Morgan fingerprint density at radius 3 is 2.95 bits per heavy atom. The maximum absolute atomic E-state index is 13.8. The molecule has 1 aromatic rings. The predicted molar refractivity (Wildman–Crippen MR) is 77.6 cm³/mol. The lowest BCUT2D eigenvalue weighted by atomic mass is 10.0. The zero-order valence-electron chi connectivity index (χ0n) is 12.1. The third kappa shape index (κ3) is 3.03. The molecular formula is C15H18FN5O. The van der Waals surface area contributed by atoms with Gasteiger partial charge in [-0.05, 0) is 18.9 Å². The standard InChI is InChI=1S/C15H18FN5O/c16-12-4-2-1-3-11(12)13-7-14(20-19-13)15(22)18-10-5-6-21(8-10)9-17/h1-4,10,13-14,19-20H,5-8H2,(H,18,22)/t10-,13?,14?/m1/s1. The van der Waals surface area contributed by atoms with E-state index >= 15 is 0 Å². The van der Waals surface area contributed by atoms with Crippen molar-refractivity contribution >= 4 is 5.91 Å². The number of likely N-dealkylation sites (tertiary alicyclic amines) is 1. The first-order chi connectivity index (χ1) is 10.7. The number of amides is 1. The maximum Gasteiger partial charge on any atom is 0.238 e. The molecule has 2 aliphatic rings. The zero-order chi connectivity index (χ0) is 15.5. The average molecular weight is 303 g/mol. The second-order valence-corrected chi connectivity index (χ2v) is 5.69. The van der Waals surface area contributed by atoms with Crippen LogP contribution in [-0.4, -0.2) is 36.0 Å². The first-order valence-electron chi connectivity index (χ1n) is 7.38. The van der Waals surface area contributed by atoms with E-state index in [1.165, 1.54) is 6.07 Å². The highest BCUT2D eigenvalue weighted by Gasteiger charge is 2.33. The highest BCUT2D eigenvalue weighted by atomic mass is 19.1. The summed E-state index contributed by atoms with van der Waals surface area (Å²) in [4.78, 5) is 13.9. The molecule has 3 N–H and O–H groups in total. The fourth-order valence-electron chi connectivity index (χ4n) is 2.96. The Morgan fingerprint density at radius 1 is 1.41 bits per heavy atom. The van der Waals surface area contributed by atoms with Gasteiger partial charge in [-0.25, -0.2) is 15.2 Å². The highest BCUT2D eigenvalue weighted by molar-refractivity contribution is 5.82. The molecule has 2 unspecified atom stereocenters. The maximum atomic E-state index is 13.8. The minimum absolute atomic E-state index is 0.00135. The van der Waals surface area contributed by atoms with E-state index in [0.29, 0.717) is 25.1 Å². The van der Waals surface area contributed by atoms with E-state index < -0.39 is 6.04 Å². The second-order valence-electron chi connectivity index (χ2n) is 5.69. The number of nitrogens with one attached hydrogen (secondary N) is 3. The van der Waals surface area contributed by atoms with Gasteiger partial charge in [0.05, 0.1) is 6.04 Å². The van der Waals surface area contributed by atoms with Gasteiger partial charge in [0, 0.05) is 24.7 Å². The number of hydrazine groups is 1. The van der Waals surface area contributed by atoms with Crippen LogP contribution >= 0.6 is 0 Å². The van der Waals surface area contributed by atoms with Crippen molar-refractivity contribution in [1.82, 2.24) is 21.1 Å². The molecular weight excluding hydrogens is 285 g/mol. The number of carbonyl (C=O) groups excluding carboxylic acids is 1. The number of rotatable bonds is 3. The van der Waals surface area contributed by atoms with Crippen molar-refractivity contribution in [1.29, 1.82) is 5.26 Å². The molecule has 1 amide bonds. The molecule has 6 nitrogen and oxygen atoms in total. The van der Waals surface area contributed by atoms with Crippen LogP contribution in [0.15, 0.2) is 24.3 Å². The van der Waals surface area contributed by atoms with E-state index in [1.54, 1.807) is 23.1 Å². The van der Waals surface area contributed by atoms with Gasteiger partial charge in [0.25, 0.3) is 0 Å². The molecule has 2 aliphatic heterocycles. The van der Waals surface area contributed by atoms with Crippen LogP contribution < -0.4 is 16.2 Å². The highest BCUT2D eigenvalue weighted by Crippen LogP contribution is 2.24. The van der Waals surface area contributed by atoms with Crippen LogP contribution in [0, 0.1) is 17.3 Å². The minimum atomic E-state index is -0.402. The Balaban J connectivity index is 1.55. The summed E-state index contributed by atoms with van der Waals surface area (Å²) in [5.74, 6) is -0.389. The first-order valence-corrected chi connectivity index (χ1v) is 7.38. The Labute approximate surface area is 128 Å². The van der Waals surface area contributed by atoms with E-state index in [9.17, 15) is 9.18 Å². The smallest absolute Gasteiger partial charge is 0.238 e. The molecule has 0 aliphatic carbocycles. The number of nitrogens with zero attached hydrogens (tertiary/aromatic N) is 2. The van der Waals surface area contributed by atoms with Crippen molar-refractivity contribution in [3.05, 3.63) is 35.6 Å². The van der Waals surface area contributed by atoms with Gasteiger partial charge in [0.15, 0.2) is 6.19 Å². The number of carbonyl (C=O) groups is 1. The van der Waals surface area contributed by atoms with E-state index in [0.717, 1.165) is 6.42 Å². The monoisotopic (exact) mass is 303 g/mol. The Morgan fingerprint density at radius 2 is 2.23 bits per heavy atom. The quantitative estimate of drug-likeness (QED) is 0.705. The number of hydrogen-bond donors (Lipinski definition) is 3. The van der Waals surface area contributed by atoms with Crippen LogP contribution in [0.4, 0.5) is 4.39 Å². The van der Waals surface area contributed by atoms with Gasteiger partial charge in [-0.2, -0.15) is 5.26 Å². The molecule has 0 radical (unpaired) electrons. The third-order valence-corrected chi connectivity index (χ3v) is 4.18. The molecule has 0 aromatic heterocycles. The van der Waals surface area contributed by atoms with Crippen molar-refractivity contribution in [2.24, 2.45) is 0 Å². The summed E-state index contributed by atoms with van der Waals surface area (Å²) in [5.41, 5.74) is 6.46. The Hall–Kier alpha value is -2.17. The van der Waals surface area contributed by atoms with Crippen LogP contribution in [0.2, 0.25) is 0 Å². The number of halogens is 1. The van der Waals surface area contributed by atoms with Gasteiger partial charge in [-0.15, -0.1) is 0 Å². The molecule has 0 spiro atoms. The molecule has 0 bridgehead atoms. The molecule has 3 atom stereocenters. The van der Waals surface area contributed by atoms with Crippen molar-refractivity contribution in [2.45, 2.75) is 31.0 Å². The van der Waals surface area contributed by atoms with Crippen LogP contribution in [0.5, 0.6) is 0 Å². The largest absolute Gasteiger partial charge is 0.350 e. The minimum Gasteiger partial charge on any atom is -0.350 e. The normalized spacial score (nSPS) is 27.6. The number of hydrogen-bond acceptors (Lipinski definition) is 5. The van der Waals surface area contributed by atoms with Crippen LogP contribution in [0.3, 0.4) is 0 Å². The van der Waals surface area contributed by atoms with Crippen molar-refractivity contribution < 1.29 is 9.18 Å². The summed E-state index contributed by atoms with van der Waals surface area (Å²) in [6.45, 7) is 1.23. The topological polar surface area (TPSA) is 80.2 Å². The summed E-state index contributed by atoms with van der Waals surface area (Å²) in [7, 11) is 0. The predicted octanol–water partition coefficient (Wildman–Crippen LogP) is 0.405. The van der Waals surface area contributed by atoms with E-state index in [-0.39, 0.29) is 23.8 Å². The molecule has 7 heteroatoms. The molecule has 116 valence electrons. The summed E-state index contributed by atoms with van der Waals surface area (Å²) in [6.07, 6.45) is 3.35. The lowest BCUT2D eigenvalue weighted by molar-refractivity contribution is -0.123. The second kappa shape index (κ2) is 6.30. The SMILES string of the molecule is N#CN1CC[C@@H](NC(=O)C2CC(c3ccccc3F)NN2)C1. The summed E-state index contributed by atoms with van der Waals surface area (Å²) in [5, 5.41) is 11.8. The fourth-order valence-corrected chi connectivity index (χ4v) is 2.96. The molecule has 2 fully saturated rings. The third-order valence-electron chi connectivity index (χ3n) is 4.18. The zero-order valence-corrected chi connectivity index (χ0v) is 12.1. The van der Waals surface area contributed by atoms with Gasteiger partial charge in [-0.3, -0.25) is 4.79 Å². The van der Waals surface area contributed by atoms with E-state index in [1.807, 2.05) is 0 Å². The number of benzene rings is 1. The van der Waals surface area contributed by atoms with Crippen LogP contribution in [0.25, 0.3) is 0 Å². The molecule has 2 saturated heterocycles. The number of nitriles is 1. The van der Waals surface area contributed by atoms with Crippen molar-refractivity contribution in [3.8, 4) is 6.19 Å². The van der Waals surface area contributed by atoms with Crippen molar-refractivity contribution in [3.63, 3.8) is 0 Å². The molecule has 1 aromatic carbocycles. The van der Waals surface area contributed by atoms with Gasteiger partial charge >= 0.3 is 0 Å². The lowest BCUT2D eigenvalue weighted by Gasteiger charge is -2.15. The van der Waals surface area contributed by atoms with Gasteiger partial charge < -0.3 is 10.2 Å². The lowest BCUT2D eigenvalue weighted by Crippen LogP contribution is -2.47. The fraction of sp³-hybridized carbons (Fsp3) is 0.467. The van der Waals surface area contributed by atoms with Crippen LogP contribution in [-0.2, 0) is 4.79 Å². The first kappa shape index (κ1) is 14.8. The van der Waals surface area contributed by atoms with Gasteiger partial charge in [-0.1, -0.05) is 18.2 Å². The summed E-state index contributed by atoms with van der Waals surface area (Å²) in [6, 6.07) is 5.93. The average Bonchev–Trinajstić information content (AvgIpc) is 3.16. The molecule has 0 saturated carbocycles.